The number of cyclic esters (lactones) is 1. The van der Waals surface area contributed by atoms with Crippen molar-refractivity contribution in [3.05, 3.63) is 85.1 Å². The molecule has 0 aromatic rings. The van der Waals surface area contributed by atoms with E-state index in [0.717, 1.165) is 6.42 Å². The molecular formula is C41H66O11. The summed E-state index contributed by atoms with van der Waals surface area (Å²) in [6.07, 6.45) is 14.3. The van der Waals surface area contributed by atoms with Gasteiger partial charge in [0.15, 0.2) is 0 Å². The van der Waals surface area contributed by atoms with Crippen LogP contribution in [0.1, 0.15) is 85.5 Å². The average molecular weight is 735 g/mol. The summed E-state index contributed by atoms with van der Waals surface area (Å²) < 4.78 is 5.76. The van der Waals surface area contributed by atoms with Crippen LogP contribution in [0.15, 0.2) is 85.1 Å². The molecule has 296 valence electrons. The van der Waals surface area contributed by atoms with Crippen LogP contribution < -0.4 is 0 Å². The Bertz CT molecular complexity index is 1180. The maximum Gasteiger partial charge on any atom is 0.331 e. The van der Waals surface area contributed by atoms with E-state index in [0.29, 0.717) is 0 Å². The second-order valence-electron chi connectivity index (χ2n) is 14.2. The number of aliphatic hydroxyl groups is 9. The number of aliphatic hydroxyl groups excluding tert-OH is 9. The second-order valence-corrected chi connectivity index (χ2v) is 14.2. The first-order chi connectivity index (χ1) is 24.6. The monoisotopic (exact) mass is 734 g/mol. The molecule has 1 heterocycles. The molecule has 9 N–H and O–H groups in total. The summed E-state index contributed by atoms with van der Waals surface area (Å²) in [5.41, 5.74) is 0. The molecule has 0 aromatic carbocycles. The van der Waals surface area contributed by atoms with Gasteiger partial charge in [-0.2, -0.15) is 0 Å². The fourth-order valence-corrected chi connectivity index (χ4v) is 5.97. The third-order valence-corrected chi connectivity index (χ3v) is 9.32. The SMILES string of the molecule is CCC(C)[C@@H]1OC(=O)/C=C/C=C/C=C/C=C/C=C/C=C/CC(O)C(C)C(O)C[C@H](O)C[C@H](O)C[C@H](O)C[C@@H](O)C[C@H](O)C[C@@H](O)C[C@@H](O)/C=C/[C@@H]1C. The predicted octanol–water partition coefficient (Wildman–Crippen LogP) is 3.49. The Kier molecular flexibility index (Phi) is 24.5. The highest BCUT2D eigenvalue weighted by Crippen LogP contribution is 2.23. The summed E-state index contributed by atoms with van der Waals surface area (Å²) in [7, 11) is 0. The van der Waals surface area contributed by atoms with E-state index in [1.54, 1.807) is 55.5 Å². The highest BCUT2D eigenvalue weighted by Gasteiger charge is 2.27. The largest absolute Gasteiger partial charge is 0.458 e. The minimum absolute atomic E-state index is 0.0413. The summed E-state index contributed by atoms with van der Waals surface area (Å²) in [5.74, 6) is -1.24. The maximum absolute atomic E-state index is 12.6. The smallest absolute Gasteiger partial charge is 0.331 e. The molecule has 0 bridgehead atoms. The van der Waals surface area contributed by atoms with Crippen molar-refractivity contribution in [2.45, 2.75) is 147 Å². The van der Waals surface area contributed by atoms with Gasteiger partial charge in [0.25, 0.3) is 0 Å². The third kappa shape index (κ3) is 21.7. The molecule has 1 aliphatic rings. The maximum atomic E-state index is 12.6. The van der Waals surface area contributed by atoms with Gasteiger partial charge in [-0.15, -0.1) is 0 Å². The van der Waals surface area contributed by atoms with E-state index in [1.165, 1.54) is 12.2 Å². The minimum atomic E-state index is -1.13. The van der Waals surface area contributed by atoms with Gasteiger partial charge < -0.3 is 50.7 Å². The van der Waals surface area contributed by atoms with Crippen LogP contribution in [0.4, 0.5) is 0 Å². The molecule has 11 nitrogen and oxygen atoms in total. The zero-order valence-electron chi connectivity index (χ0n) is 31.3. The number of hydrogen-bond donors (Lipinski definition) is 9. The molecule has 11 heteroatoms. The van der Waals surface area contributed by atoms with Crippen molar-refractivity contribution in [2.75, 3.05) is 0 Å². The van der Waals surface area contributed by atoms with E-state index < -0.39 is 72.9 Å². The highest BCUT2D eigenvalue weighted by atomic mass is 16.5. The lowest BCUT2D eigenvalue weighted by Crippen LogP contribution is -2.34. The first kappa shape index (κ1) is 47.3. The van der Waals surface area contributed by atoms with E-state index in [-0.39, 0.29) is 63.2 Å². The molecular weight excluding hydrogens is 668 g/mol. The zero-order chi connectivity index (χ0) is 39.1. The molecule has 0 aliphatic carbocycles. The lowest BCUT2D eigenvalue weighted by Gasteiger charge is -2.27. The molecule has 0 spiro atoms. The molecule has 1 aliphatic heterocycles. The van der Waals surface area contributed by atoms with E-state index in [2.05, 4.69) is 0 Å². The van der Waals surface area contributed by atoms with Crippen molar-refractivity contribution >= 4 is 5.97 Å². The predicted molar refractivity (Wildman–Crippen MR) is 203 cm³/mol. The topological polar surface area (TPSA) is 208 Å². The lowest BCUT2D eigenvalue weighted by atomic mass is 9.90. The van der Waals surface area contributed by atoms with Gasteiger partial charge in [0.05, 0.1) is 54.9 Å². The van der Waals surface area contributed by atoms with Crippen molar-refractivity contribution in [3.8, 4) is 0 Å². The normalized spacial score (nSPS) is 40.3. The molecule has 0 aromatic heterocycles. The molecule has 0 fully saturated rings. The molecule has 0 saturated heterocycles. The minimum Gasteiger partial charge on any atom is -0.458 e. The Hall–Kier alpha value is -2.71. The van der Waals surface area contributed by atoms with Gasteiger partial charge in [0, 0.05) is 24.3 Å². The zero-order valence-corrected chi connectivity index (χ0v) is 31.3. The van der Waals surface area contributed by atoms with E-state index in [1.807, 2.05) is 45.1 Å². The fourth-order valence-electron chi connectivity index (χ4n) is 5.97. The van der Waals surface area contributed by atoms with Crippen LogP contribution in [-0.4, -0.2) is 113 Å². The van der Waals surface area contributed by atoms with Crippen LogP contribution in [-0.2, 0) is 9.53 Å². The van der Waals surface area contributed by atoms with Gasteiger partial charge in [0.2, 0.25) is 0 Å². The number of hydrogen-bond acceptors (Lipinski definition) is 11. The van der Waals surface area contributed by atoms with Crippen LogP contribution in [0.2, 0.25) is 0 Å². The van der Waals surface area contributed by atoms with Crippen LogP contribution >= 0.6 is 0 Å². The van der Waals surface area contributed by atoms with Crippen molar-refractivity contribution in [1.29, 1.82) is 0 Å². The van der Waals surface area contributed by atoms with Crippen LogP contribution in [0.25, 0.3) is 0 Å². The van der Waals surface area contributed by atoms with Crippen molar-refractivity contribution in [1.82, 2.24) is 0 Å². The van der Waals surface area contributed by atoms with E-state index >= 15 is 0 Å². The molecule has 4 unspecified atom stereocenters. The summed E-state index contributed by atoms with van der Waals surface area (Å²) in [5, 5.41) is 94.1. The van der Waals surface area contributed by atoms with Crippen LogP contribution in [0.5, 0.6) is 0 Å². The van der Waals surface area contributed by atoms with Gasteiger partial charge >= 0.3 is 5.97 Å². The molecule has 0 saturated carbocycles. The van der Waals surface area contributed by atoms with E-state index in [4.69, 9.17) is 4.74 Å². The highest BCUT2D eigenvalue weighted by molar-refractivity contribution is 5.82. The van der Waals surface area contributed by atoms with Gasteiger partial charge in [-0.1, -0.05) is 113 Å². The van der Waals surface area contributed by atoms with Crippen LogP contribution in [0, 0.1) is 17.8 Å². The third-order valence-electron chi connectivity index (χ3n) is 9.32. The van der Waals surface area contributed by atoms with Gasteiger partial charge in [-0.05, 0) is 50.9 Å². The summed E-state index contributed by atoms with van der Waals surface area (Å²) in [4.78, 5) is 12.6. The summed E-state index contributed by atoms with van der Waals surface area (Å²) in [6, 6.07) is 0. The fraction of sp³-hybridized carbons (Fsp3) is 0.634. The van der Waals surface area contributed by atoms with Crippen molar-refractivity contribution < 1.29 is 55.5 Å². The molecule has 52 heavy (non-hydrogen) atoms. The van der Waals surface area contributed by atoms with Crippen LogP contribution in [0.3, 0.4) is 0 Å². The van der Waals surface area contributed by atoms with Gasteiger partial charge in [-0.25, -0.2) is 4.79 Å². The molecule has 0 amide bonds. The van der Waals surface area contributed by atoms with E-state index in [9.17, 15) is 50.8 Å². The summed E-state index contributed by atoms with van der Waals surface area (Å²) in [6.45, 7) is 7.53. The average Bonchev–Trinajstić information content (AvgIpc) is 3.06. The first-order valence-corrected chi connectivity index (χ1v) is 18.6. The molecule has 13 atom stereocenters. The Morgan fingerprint density at radius 2 is 1.02 bits per heavy atom. The Morgan fingerprint density at radius 3 is 1.50 bits per heavy atom. The van der Waals surface area contributed by atoms with Crippen molar-refractivity contribution in [2.24, 2.45) is 17.8 Å². The summed E-state index contributed by atoms with van der Waals surface area (Å²) >= 11 is 0. The number of rotatable bonds is 2. The Morgan fingerprint density at radius 1 is 0.596 bits per heavy atom. The lowest BCUT2D eigenvalue weighted by molar-refractivity contribution is -0.147. The van der Waals surface area contributed by atoms with Crippen molar-refractivity contribution in [3.63, 3.8) is 0 Å². The number of ether oxygens (including phenoxy) is 1. The number of esters is 1. The quantitative estimate of drug-likeness (QED) is 0.148. The van der Waals surface area contributed by atoms with Gasteiger partial charge in [0.1, 0.15) is 6.10 Å². The first-order valence-electron chi connectivity index (χ1n) is 18.6. The second kappa shape index (κ2) is 27.0. The molecule has 0 radical (unpaired) electrons. The van der Waals surface area contributed by atoms with Gasteiger partial charge in [-0.3, -0.25) is 0 Å². The Labute approximate surface area is 310 Å². The standard InChI is InChI=1S/C41H66O11/c1-5-28(2)41-29(3)19-20-31(42)21-32(43)22-33(44)23-34(45)24-35(46)25-36(47)26-37(48)27-39(50)30(4)38(49)17-15-13-11-9-7-6-8-10-12-14-16-18-40(51)52-41/h6-16,18-20,28-39,41-50H,5,17,21-27H2,1-4H3/b7-6+,10-8+,11-9+,14-12+,15-13+,18-16+,20-19+/t28?,29-,30?,31-,32-,33+,34-,35+,36+,37+,38?,39?,41-/m0/s1. The number of carbonyl (C=O) groups excluding carboxylic acids is 1. The number of carbonyl (C=O) groups is 1. The number of allylic oxidation sites excluding steroid dienone is 10. The Balaban J connectivity index is 3.01. The molecule has 1 rings (SSSR count).